The van der Waals surface area contributed by atoms with Gasteiger partial charge in [0.1, 0.15) is 0 Å². The number of benzene rings is 1. The highest BCUT2D eigenvalue weighted by atomic mass is 79.9. The van der Waals surface area contributed by atoms with E-state index < -0.39 is 0 Å². The van der Waals surface area contributed by atoms with Crippen LogP contribution in [0.2, 0.25) is 0 Å². The van der Waals surface area contributed by atoms with Crippen molar-refractivity contribution in [2.45, 2.75) is 36.7 Å². The summed E-state index contributed by atoms with van der Waals surface area (Å²) < 4.78 is 0.952. The Morgan fingerprint density at radius 3 is 2.95 bits per heavy atom. The first-order valence-corrected chi connectivity index (χ1v) is 8.34. The Kier molecular flexibility index (Phi) is 4.11. The van der Waals surface area contributed by atoms with Crippen molar-refractivity contribution in [3.05, 3.63) is 28.2 Å². The highest BCUT2D eigenvalue weighted by Gasteiger charge is 2.36. The van der Waals surface area contributed by atoms with Crippen LogP contribution in [-0.2, 0) is 0 Å². The number of halogens is 1. The number of amides is 1. The minimum atomic E-state index is 0.113. The largest absolute Gasteiger partial charge is 0.333 e. The van der Waals surface area contributed by atoms with E-state index >= 15 is 0 Å². The zero-order valence-electron chi connectivity index (χ0n) is 11.6. The van der Waals surface area contributed by atoms with E-state index in [-0.39, 0.29) is 11.9 Å². The van der Waals surface area contributed by atoms with Crippen LogP contribution in [0.4, 0.5) is 0 Å². The third kappa shape index (κ3) is 2.63. The van der Waals surface area contributed by atoms with Crippen molar-refractivity contribution >= 4 is 34.5 Å². The first-order chi connectivity index (χ1) is 9.56. The molecule has 2 aliphatic rings. The topological polar surface area (TPSA) is 23.6 Å². The summed E-state index contributed by atoms with van der Waals surface area (Å²) in [5.41, 5.74) is 0.704. The van der Waals surface area contributed by atoms with Gasteiger partial charge < -0.3 is 4.90 Å². The van der Waals surface area contributed by atoms with Gasteiger partial charge in [-0.1, -0.05) is 15.9 Å². The van der Waals surface area contributed by atoms with Gasteiger partial charge >= 0.3 is 0 Å². The Balaban J connectivity index is 1.82. The number of hydrogen-bond donors (Lipinski definition) is 1. The van der Waals surface area contributed by atoms with Crippen molar-refractivity contribution in [1.82, 2.24) is 9.80 Å². The maximum absolute atomic E-state index is 12.8. The molecule has 2 atom stereocenters. The fourth-order valence-corrected chi connectivity index (χ4v) is 4.16. The van der Waals surface area contributed by atoms with Crippen molar-refractivity contribution in [2.75, 3.05) is 19.6 Å². The number of thiol groups is 1. The first kappa shape index (κ1) is 14.4. The molecular weight excluding hydrogens is 336 g/mol. The van der Waals surface area contributed by atoms with E-state index in [1.165, 1.54) is 19.4 Å². The molecule has 2 heterocycles. The molecule has 2 unspecified atom stereocenters. The highest BCUT2D eigenvalue weighted by molar-refractivity contribution is 9.10. The molecule has 2 saturated heterocycles. The van der Waals surface area contributed by atoms with Crippen LogP contribution in [0.5, 0.6) is 0 Å². The van der Waals surface area contributed by atoms with Crippen molar-refractivity contribution in [3.63, 3.8) is 0 Å². The van der Waals surface area contributed by atoms with Gasteiger partial charge in [-0.25, -0.2) is 0 Å². The third-order valence-corrected chi connectivity index (χ3v) is 5.25. The molecule has 0 spiro atoms. The lowest BCUT2D eigenvalue weighted by molar-refractivity contribution is 0.0392. The van der Waals surface area contributed by atoms with Crippen LogP contribution in [0.15, 0.2) is 27.6 Å². The quantitative estimate of drug-likeness (QED) is 0.783. The van der Waals surface area contributed by atoms with Crippen LogP contribution in [0.1, 0.15) is 30.1 Å². The smallest absolute Gasteiger partial charge is 0.255 e. The molecule has 2 fully saturated rings. The standard InChI is InChI=1S/C15H19BrN2OS/c1-10-8-17-6-2-3-12(17)9-18(10)15(19)13-5-4-11(16)7-14(13)20/h4-5,7,10,12,20H,2-3,6,8-9H2,1H3. The molecule has 0 saturated carbocycles. The predicted octanol–water partition coefficient (Wildman–Crippen LogP) is 3.05. The van der Waals surface area contributed by atoms with Crippen molar-refractivity contribution < 1.29 is 4.79 Å². The maximum atomic E-state index is 12.8. The zero-order valence-corrected chi connectivity index (χ0v) is 14.0. The van der Waals surface area contributed by atoms with Crippen LogP contribution in [-0.4, -0.2) is 47.4 Å². The van der Waals surface area contributed by atoms with E-state index in [4.69, 9.17) is 0 Å². The van der Waals surface area contributed by atoms with Gasteiger partial charge in [0, 0.05) is 34.5 Å². The van der Waals surface area contributed by atoms with Crippen molar-refractivity contribution in [3.8, 4) is 0 Å². The van der Waals surface area contributed by atoms with Gasteiger partial charge in [0.15, 0.2) is 0 Å². The summed E-state index contributed by atoms with van der Waals surface area (Å²) in [7, 11) is 0. The molecular formula is C15H19BrN2OS. The maximum Gasteiger partial charge on any atom is 0.255 e. The number of carbonyl (C=O) groups is 1. The summed E-state index contributed by atoms with van der Waals surface area (Å²) in [6, 6.07) is 6.47. The fraction of sp³-hybridized carbons (Fsp3) is 0.533. The van der Waals surface area contributed by atoms with Gasteiger partial charge in [0.2, 0.25) is 0 Å². The Hall–Kier alpha value is -0.520. The van der Waals surface area contributed by atoms with Gasteiger partial charge in [-0.05, 0) is 44.5 Å². The molecule has 0 aromatic heterocycles. The minimum Gasteiger partial charge on any atom is -0.333 e. The summed E-state index contributed by atoms with van der Waals surface area (Å²) in [4.78, 5) is 18.1. The molecule has 3 nitrogen and oxygen atoms in total. The second kappa shape index (κ2) is 5.70. The van der Waals surface area contributed by atoms with Crippen molar-refractivity contribution in [1.29, 1.82) is 0 Å². The molecule has 5 heteroatoms. The van der Waals surface area contributed by atoms with E-state index in [2.05, 4.69) is 40.4 Å². The van der Waals surface area contributed by atoms with Crippen molar-refractivity contribution in [2.24, 2.45) is 0 Å². The summed E-state index contributed by atoms with van der Waals surface area (Å²) in [6.07, 6.45) is 2.47. The number of piperazine rings is 1. The van der Waals surface area contributed by atoms with Crippen LogP contribution < -0.4 is 0 Å². The molecule has 0 N–H and O–H groups in total. The lowest BCUT2D eigenvalue weighted by atomic mass is 10.1. The predicted molar refractivity (Wildman–Crippen MR) is 86.5 cm³/mol. The molecule has 2 aliphatic heterocycles. The van der Waals surface area contributed by atoms with Crippen LogP contribution in [0, 0.1) is 0 Å². The van der Waals surface area contributed by atoms with Gasteiger partial charge in [-0.3, -0.25) is 9.69 Å². The number of hydrogen-bond acceptors (Lipinski definition) is 3. The summed E-state index contributed by atoms with van der Waals surface area (Å²) in [5.74, 6) is 0.113. The third-order valence-electron chi connectivity index (χ3n) is 4.39. The molecule has 20 heavy (non-hydrogen) atoms. The Morgan fingerprint density at radius 2 is 2.20 bits per heavy atom. The fourth-order valence-electron chi connectivity index (χ4n) is 3.31. The van der Waals surface area contributed by atoms with Gasteiger partial charge in [0.25, 0.3) is 5.91 Å². The second-order valence-corrected chi connectivity index (χ2v) is 7.16. The Bertz CT molecular complexity index is 537. The lowest BCUT2D eigenvalue weighted by Crippen LogP contribution is -2.56. The van der Waals surface area contributed by atoms with E-state index in [1.807, 2.05) is 23.1 Å². The van der Waals surface area contributed by atoms with Crippen LogP contribution >= 0.6 is 28.6 Å². The summed E-state index contributed by atoms with van der Waals surface area (Å²) in [5, 5.41) is 0. The lowest BCUT2D eigenvalue weighted by Gasteiger charge is -2.42. The Morgan fingerprint density at radius 1 is 1.40 bits per heavy atom. The Labute approximate surface area is 133 Å². The molecule has 3 rings (SSSR count). The van der Waals surface area contributed by atoms with E-state index in [0.717, 1.165) is 22.5 Å². The van der Waals surface area contributed by atoms with Crippen LogP contribution in [0.25, 0.3) is 0 Å². The summed E-state index contributed by atoms with van der Waals surface area (Å²) >= 11 is 7.85. The molecule has 0 bridgehead atoms. The zero-order chi connectivity index (χ0) is 14.3. The van der Waals surface area contributed by atoms with Crippen LogP contribution in [0.3, 0.4) is 0 Å². The normalized spacial score (nSPS) is 26.6. The van der Waals surface area contributed by atoms with E-state index in [0.29, 0.717) is 11.6 Å². The van der Waals surface area contributed by atoms with E-state index in [9.17, 15) is 4.79 Å². The van der Waals surface area contributed by atoms with Gasteiger partial charge in [0.05, 0.1) is 5.56 Å². The number of rotatable bonds is 1. The minimum absolute atomic E-state index is 0.113. The molecule has 0 aliphatic carbocycles. The van der Waals surface area contributed by atoms with Gasteiger partial charge in [-0.15, -0.1) is 12.6 Å². The number of carbonyl (C=O) groups excluding carboxylic acids is 1. The summed E-state index contributed by atoms with van der Waals surface area (Å²) in [6.45, 7) is 5.18. The number of nitrogens with zero attached hydrogens (tertiary/aromatic N) is 2. The van der Waals surface area contributed by atoms with E-state index in [1.54, 1.807) is 0 Å². The monoisotopic (exact) mass is 354 g/mol. The molecule has 108 valence electrons. The van der Waals surface area contributed by atoms with Gasteiger partial charge in [-0.2, -0.15) is 0 Å². The molecule has 1 aromatic rings. The first-order valence-electron chi connectivity index (χ1n) is 7.10. The average Bonchev–Trinajstić information content (AvgIpc) is 2.84. The highest BCUT2D eigenvalue weighted by Crippen LogP contribution is 2.27. The number of fused-ring (bicyclic) bond motifs is 1. The molecule has 1 amide bonds. The SMILES string of the molecule is CC1CN2CCCC2CN1C(=O)c1ccc(Br)cc1S. The average molecular weight is 355 g/mol. The molecule has 1 aromatic carbocycles. The second-order valence-electron chi connectivity index (χ2n) is 5.76. The molecule has 0 radical (unpaired) electrons.